The van der Waals surface area contributed by atoms with Crippen molar-refractivity contribution in [1.29, 1.82) is 0 Å². The fourth-order valence-electron chi connectivity index (χ4n) is 13.8. The fourth-order valence-corrected chi connectivity index (χ4v) is 14.8. The maximum atomic E-state index is 15.2. The number of rotatable bonds is 11. The number of benzene rings is 2. The number of anilines is 1. The number of ether oxygens (including phenoxy) is 2. The van der Waals surface area contributed by atoms with Crippen LogP contribution >= 0.6 is 11.8 Å². The highest BCUT2D eigenvalue weighted by Crippen LogP contribution is 2.37. The Morgan fingerprint density at radius 3 is 1.64 bits per heavy atom. The van der Waals surface area contributed by atoms with Crippen molar-refractivity contribution in [2.45, 2.75) is 179 Å². The van der Waals surface area contributed by atoms with Crippen LogP contribution < -0.4 is 32.4 Å². The van der Waals surface area contributed by atoms with E-state index in [0.717, 1.165) is 21.6 Å². The third-order valence-electron chi connectivity index (χ3n) is 19.9. The number of nitrogen functional groups attached to an aromatic ring is 1. The Bertz CT molecular complexity index is 4630. The number of aromatic nitrogens is 7. The summed E-state index contributed by atoms with van der Waals surface area (Å²) < 4.78 is 19.9. The summed E-state index contributed by atoms with van der Waals surface area (Å²) in [7, 11) is 7.27. The zero-order chi connectivity index (χ0) is 80.4. The number of H-pyrrole nitrogens is 1. The minimum absolute atomic E-state index is 0.0763. The number of nitrogens with zero attached hydrogens (tertiary/aromatic N) is 13. The predicted octanol–water partition coefficient (Wildman–Crippen LogP) is 1.87. The molecule has 586 valence electrons. The van der Waals surface area contributed by atoms with Gasteiger partial charge < -0.3 is 90.0 Å². The van der Waals surface area contributed by atoms with Crippen LogP contribution in [0.5, 0.6) is 0 Å². The summed E-state index contributed by atoms with van der Waals surface area (Å²) in [6.45, 7) is 18.4. The zero-order valence-corrected chi connectivity index (χ0v) is 64.6. The van der Waals surface area contributed by atoms with Crippen LogP contribution in [0, 0.1) is 47.6 Å². The fraction of sp³-hybridized carbons (Fsp3) is 0.549. The molecule has 4 fully saturated rings. The monoisotopic (exact) mass is 1530 g/mol. The van der Waals surface area contributed by atoms with E-state index in [1.807, 2.05) is 0 Å². The number of nitro groups is 1. The molecule has 0 radical (unpaired) electrons. The molecule has 6 aliphatic rings. The summed E-state index contributed by atoms with van der Waals surface area (Å²) in [6, 6.07) is -7.90. The van der Waals surface area contributed by atoms with Crippen LogP contribution in [0.3, 0.4) is 0 Å². The molecule has 0 unspecified atom stereocenters. The Labute approximate surface area is 630 Å². The van der Waals surface area contributed by atoms with E-state index in [9.17, 15) is 62.9 Å². The third-order valence-corrected chi connectivity index (χ3v) is 21.1. The molecule has 8 heterocycles. The number of aromatic amines is 1. The first kappa shape index (κ1) is 81.9. The molecule has 0 spiro atoms. The highest BCUT2D eigenvalue weighted by Gasteiger charge is 2.47. The smallest absolute Gasteiger partial charge is 0.396 e. The van der Waals surface area contributed by atoms with Crippen molar-refractivity contribution in [3.8, 4) is 11.5 Å². The lowest BCUT2D eigenvalue weighted by molar-refractivity contribution is -0.392. The van der Waals surface area contributed by atoms with E-state index in [1.54, 1.807) is 73.9 Å². The van der Waals surface area contributed by atoms with Crippen molar-refractivity contribution >= 4 is 117 Å². The topological polar surface area (TPSA) is 475 Å². The molecule has 1 aromatic carbocycles. The molecule has 1 aliphatic carbocycles. The molecule has 4 saturated heterocycles. The van der Waals surface area contributed by atoms with Gasteiger partial charge in [-0.1, -0.05) is 61.5 Å². The molecule has 0 saturated carbocycles. The van der Waals surface area contributed by atoms with Gasteiger partial charge >= 0.3 is 17.8 Å². The molecule has 4 aromatic rings. The quantitative estimate of drug-likeness (QED) is 0.0269. The van der Waals surface area contributed by atoms with E-state index in [0.29, 0.717) is 39.6 Å². The Balaban J connectivity index is 0.000000618. The van der Waals surface area contributed by atoms with Crippen LogP contribution in [-0.4, -0.2) is 255 Å². The van der Waals surface area contributed by atoms with Gasteiger partial charge in [0.25, 0.3) is 11.8 Å². The standard InChI is InChI=1S/C62H86N12O16.C9H7N7O2S/c1-27(2)42-59(84)73-23-17-19-36(73)57(82)69(13)25-38(75)71(15)48(29(5)6)61(86)88-33(11)44(55(80)65-42)67-53(78)35-22-21-31(9)51-46(35)64-47-40(41(63)50(77)32(10)52(47)90-51)54(79)68-45-34(12)89-62(87)49(30(7)8)72(16)39(76)26-70(14)58(83)37-20-18-24-74(37)60(85)43(28(3)4)66-56(45)81;1-15-4-14-7(16(17)18)9(15)19-8-5-6(11-2-10-5)12-3-13-8/h21-22,27-30,33-34,36-37,42-45,48-49H,17-20,23-26,63H2,1-16H3,(H,65,80)(H,66,81)(H,67,78)(H,68,79);2-4H,1H3,(H,10,11,12,13)/t33-,34-,36+,37+,42-,43-,44+,45+,48+,49+;/m1./s1. The van der Waals surface area contributed by atoms with Crippen molar-refractivity contribution in [1.82, 2.24) is 85.1 Å². The first-order valence-corrected chi connectivity index (χ1v) is 36.5. The number of hydrogen-bond acceptors (Lipinski definition) is 25. The number of carbonyl (C=O) groups excluding carboxylic acids is 12. The summed E-state index contributed by atoms with van der Waals surface area (Å²) in [4.78, 5) is 228. The number of hydrogen-bond donors (Lipinski definition) is 6. The van der Waals surface area contributed by atoms with Crippen molar-refractivity contribution < 1.29 is 76.3 Å². The maximum absolute atomic E-state index is 15.2. The lowest BCUT2D eigenvalue weighted by atomic mass is 9.98. The van der Waals surface area contributed by atoms with Gasteiger partial charge in [-0.2, -0.15) is 0 Å². The van der Waals surface area contributed by atoms with Gasteiger partial charge in [-0.25, -0.2) is 29.5 Å². The average molecular weight is 1530 g/mol. The average Bonchev–Trinajstić information content (AvgIpc) is 1.68. The number of esters is 2. The summed E-state index contributed by atoms with van der Waals surface area (Å²) in [5.41, 5.74) is 4.73. The van der Waals surface area contributed by atoms with E-state index >= 15 is 9.59 Å². The number of cyclic esters (lactones) is 2. The lowest BCUT2D eigenvalue weighted by Gasteiger charge is -2.36. The van der Waals surface area contributed by atoms with Crippen molar-refractivity contribution in [3.05, 3.63) is 73.7 Å². The van der Waals surface area contributed by atoms with Gasteiger partial charge in [0.1, 0.15) is 88.6 Å². The highest BCUT2D eigenvalue weighted by atomic mass is 32.2. The number of aryl methyl sites for hydroxylation is 2. The Morgan fingerprint density at radius 2 is 1.17 bits per heavy atom. The Hall–Kier alpha value is -11.2. The minimum atomic E-state index is -1.88. The molecule has 109 heavy (non-hydrogen) atoms. The second-order valence-corrected chi connectivity index (χ2v) is 30.1. The van der Waals surface area contributed by atoms with Crippen LogP contribution in [-0.2, 0) is 64.5 Å². The molecule has 38 heteroatoms. The van der Waals surface area contributed by atoms with E-state index < -0.39 is 196 Å². The van der Waals surface area contributed by atoms with Gasteiger partial charge in [-0.3, -0.25) is 52.7 Å². The molecular weight excluding hydrogens is 1440 g/mol. The largest absolute Gasteiger partial charge is 0.458 e. The van der Waals surface area contributed by atoms with Crippen molar-refractivity contribution in [2.24, 2.45) is 30.7 Å². The summed E-state index contributed by atoms with van der Waals surface area (Å²) in [6.07, 6.45) is 2.61. The molecule has 10 amide bonds. The molecule has 10 rings (SSSR count). The number of imidazole rings is 2. The van der Waals surface area contributed by atoms with Crippen molar-refractivity contribution in [3.63, 3.8) is 0 Å². The molecule has 5 aliphatic heterocycles. The molecular formula is C71H93N19O18S. The van der Waals surface area contributed by atoms with Gasteiger partial charge in [0.2, 0.25) is 59.0 Å². The van der Waals surface area contributed by atoms with Gasteiger partial charge in [0, 0.05) is 53.9 Å². The summed E-state index contributed by atoms with van der Waals surface area (Å²) >= 11 is 1.15. The lowest BCUT2D eigenvalue weighted by Crippen LogP contribution is -2.61. The van der Waals surface area contributed by atoms with E-state index in [4.69, 9.17) is 24.6 Å². The maximum Gasteiger partial charge on any atom is 0.396 e. The molecule has 0 bridgehead atoms. The van der Waals surface area contributed by atoms with Crippen LogP contribution in [0.25, 0.3) is 33.7 Å². The number of amides is 10. The highest BCUT2D eigenvalue weighted by molar-refractivity contribution is 7.99. The number of nitrogens with two attached hydrogens (primary N) is 1. The second kappa shape index (κ2) is 33.5. The van der Waals surface area contributed by atoms with Gasteiger partial charge in [-0.05, 0) is 110 Å². The van der Waals surface area contributed by atoms with Crippen LogP contribution in [0.1, 0.15) is 127 Å². The van der Waals surface area contributed by atoms with Crippen LogP contribution in [0.4, 0.5) is 11.5 Å². The number of nitrogens with one attached hydrogen (secondary N) is 5. The first-order valence-electron chi connectivity index (χ1n) is 35.7. The number of fused-ring (bicyclic) bond motifs is 5. The Kier molecular flexibility index (Phi) is 25.2. The Morgan fingerprint density at radius 1 is 0.670 bits per heavy atom. The number of likely N-dealkylation sites (N-methyl/N-ethyl adjacent to an activating group) is 4. The number of carbonyl (C=O) groups is 12. The molecule has 7 N–H and O–H groups in total. The normalized spacial score (nSPS) is 23.6. The third kappa shape index (κ3) is 16.9. The predicted molar refractivity (Wildman–Crippen MR) is 391 cm³/mol. The first-order chi connectivity index (χ1) is 51.3. The molecule has 3 aromatic heterocycles. The molecule has 10 atom stereocenters. The van der Waals surface area contributed by atoms with E-state index in [2.05, 4.69) is 46.2 Å². The summed E-state index contributed by atoms with van der Waals surface area (Å²) in [5.74, 6) is -12.6. The van der Waals surface area contributed by atoms with Gasteiger partial charge in [0.05, 0.1) is 36.2 Å². The second-order valence-electron chi connectivity index (χ2n) is 29.2. The van der Waals surface area contributed by atoms with Crippen molar-refractivity contribution in [2.75, 3.05) is 60.1 Å². The van der Waals surface area contributed by atoms with E-state index in [1.165, 1.54) is 99.7 Å². The SMILES string of the molecule is Cc1c2oc3c(C)ccc(C(=O)N[C@@H]4C(=O)N[C@H](C(C)C)C(=O)N5CCC[C@H]5C(=O)N(C)CC(=O)N(C)[C@@H](C(C)C)C(=O)O[C@@H]4C)c3nc-2c(C(=O)N[C@@H]2C(=O)N[C@H](C(C)C)C(=O)N3CCC[C@H]3C(=O)N(C)CC(=O)N(C)[C@@H](C(C)C)C(=O)O[C@@H]2C)c(N)c1=O.Cn1cnc([N+](=O)[O-])c1Sc1ncnc2nc[nH]c12. The van der Waals surface area contributed by atoms with Crippen LogP contribution in [0.15, 0.2) is 50.4 Å². The van der Waals surface area contributed by atoms with Crippen LogP contribution in [0.2, 0.25) is 0 Å². The minimum Gasteiger partial charge on any atom is -0.458 e. The molecule has 37 nitrogen and oxygen atoms in total. The zero-order valence-electron chi connectivity index (χ0n) is 63.8. The van der Waals surface area contributed by atoms with E-state index in [-0.39, 0.29) is 59.7 Å². The van der Waals surface area contributed by atoms with Gasteiger partial charge in [0.15, 0.2) is 22.0 Å². The van der Waals surface area contributed by atoms with Gasteiger partial charge in [-0.15, -0.1) is 0 Å². The summed E-state index contributed by atoms with van der Waals surface area (Å²) in [5, 5.41) is 22.6.